The summed E-state index contributed by atoms with van der Waals surface area (Å²) in [5, 5.41) is 0. The number of benzene rings is 3. The van der Waals surface area contributed by atoms with E-state index in [0.29, 0.717) is 24.0 Å². The second-order valence-corrected chi connectivity index (χ2v) is 11.1. The molecule has 2 nitrogen and oxygen atoms in total. The van der Waals surface area contributed by atoms with Gasteiger partial charge in [-0.2, -0.15) is 0 Å². The van der Waals surface area contributed by atoms with Crippen LogP contribution in [-0.2, 0) is 24.4 Å². The molecule has 0 aromatic heterocycles. The number of hydrogen-bond acceptors (Lipinski definition) is 2. The molecular weight excluding hydrogens is 416 g/mol. The number of ether oxygens (including phenoxy) is 2. The fourth-order valence-corrected chi connectivity index (χ4v) is 7.30. The summed E-state index contributed by atoms with van der Waals surface area (Å²) in [5.41, 5.74) is 6.07. The van der Waals surface area contributed by atoms with E-state index in [9.17, 15) is 0 Å². The third kappa shape index (κ3) is 4.29. The molecule has 0 saturated heterocycles. The van der Waals surface area contributed by atoms with E-state index in [-0.39, 0.29) is 0 Å². The van der Waals surface area contributed by atoms with E-state index in [0.717, 1.165) is 24.2 Å². The molecule has 0 amide bonds. The van der Waals surface area contributed by atoms with Crippen LogP contribution in [0.2, 0.25) is 0 Å². The summed E-state index contributed by atoms with van der Waals surface area (Å²) >= 11 is 0. The van der Waals surface area contributed by atoms with Crippen molar-refractivity contribution in [2.75, 3.05) is 0 Å². The zero-order valence-corrected chi connectivity index (χ0v) is 20.3. The lowest BCUT2D eigenvalue weighted by molar-refractivity contribution is 0.0369. The van der Waals surface area contributed by atoms with Gasteiger partial charge in [0.05, 0.1) is 12.7 Å². The molecule has 3 aromatic carbocycles. The Kier molecular flexibility index (Phi) is 5.95. The van der Waals surface area contributed by atoms with Crippen molar-refractivity contribution in [2.45, 2.75) is 70.7 Å². The molecule has 2 heteroatoms. The molecule has 176 valence electrons. The smallest absolute Gasteiger partial charge is 0.120 e. The standard InChI is InChI=1S/C32H36O2/c1-32-17-16-29-28-15-13-26(33-21-23-8-4-2-5-9-23)18-25(28)12-14-30(29)31(32)19-27(20-32)34-22-24-10-6-3-7-11-24/h2-11,13,15,18,27,29-31H,12,14,16-17,19-22H2,1H3/t27-,29-,30-,31+,32-/m1/s1. The van der Waals surface area contributed by atoms with Crippen LogP contribution in [-0.4, -0.2) is 6.10 Å². The molecule has 0 spiro atoms. The molecule has 5 atom stereocenters. The van der Waals surface area contributed by atoms with Crippen molar-refractivity contribution in [3.8, 4) is 5.75 Å². The van der Waals surface area contributed by atoms with Crippen molar-refractivity contribution < 1.29 is 9.47 Å². The first kappa shape index (κ1) is 21.9. The van der Waals surface area contributed by atoms with Crippen molar-refractivity contribution in [1.29, 1.82) is 0 Å². The molecule has 0 heterocycles. The van der Waals surface area contributed by atoms with Crippen molar-refractivity contribution in [2.24, 2.45) is 17.3 Å². The largest absolute Gasteiger partial charge is 0.489 e. The van der Waals surface area contributed by atoms with Crippen LogP contribution in [0, 0.1) is 17.3 Å². The van der Waals surface area contributed by atoms with Gasteiger partial charge in [-0.25, -0.2) is 0 Å². The quantitative estimate of drug-likeness (QED) is 0.381. The second kappa shape index (κ2) is 9.23. The first-order chi connectivity index (χ1) is 16.7. The van der Waals surface area contributed by atoms with Crippen LogP contribution in [0.4, 0.5) is 0 Å². The minimum absolute atomic E-state index is 0.407. The molecule has 0 radical (unpaired) electrons. The predicted octanol–water partition coefficient (Wildman–Crippen LogP) is 7.71. The molecule has 0 N–H and O–H groups in total. The van der Waals surface area contributed by atoms with Crippen molar-refractivity contribution in [3.05, 3.63) is 101 Å². The van der Waals surface area contributed by atoms with Crippen LogP contribution >= 0.6 is 0 Å². The highest BCUT2D eigenvalue weighted by molar-refractivity contribution is 5.41. The maximum atomic E-state index is 6.46. The van der Waals surface area contributed by atoms with Gasteiger partial charge in [-0.15, -0.1) is 0 Å². The SMILES string of the molecule is C[C@]12CC[C@@H]3c4ccc(OCc5ccccc5)cc4CC[C@H]3[C@@H]1C[C@@H](OCc1ccccc1)C2. The van der Waals surface area contributed by atoms with Gasteiger partial charge < -0.3 is 9.47 Å². The summed E-state index contributed by atoms with van der Waals surface area (Å²) in [5.74, 6) is 3.30. The van der Waals surface area contributed by atoms with Crippen molar-refractivity contribution >= 4 is 0 Å². The Morgan fingerprint density at radius 1 is 0.853 bits per heavy atom. The fourth-order valence-electron chi connectivity index (χ4n) is 7.30. The van der Waals surface area contributed by atoms with E-state index >= 15 is 0 Å². The maximum absolute atomic E-state index is 6.46. The third-order valence-corrected chi connectivity index (χ3v) is 9.00. The van der Waals surface area contributed by atoms with Crippen LogP contribution in [0.5, 0.6) is 5.75 Å². The lowest BCUT2D eigenvalue weighted by atomic mass is 9.56. The first-order valence-electron chi connectivity index (χ1n) is 13.1. The van der Waals surface area contributed by atoms with E-state index in [2.05, 4.69) is 85.8 Å². The normalized spacial score (nSPS) is 29.7. The van der Waals surface area contributed by atoms with Gasteiger partial charge in [-0.05, 0) is 96.1 Å². The highest BCUT2D eigenvalue weighted by atomic mass is 16.5. The summed E-state index contributed by atoms with van der Waals surface area (Å²) in [6.07, 6.45) is 8.01. The lowest BCUT2D eigenvalue weighted by Gasteiger charge is -2.49. The van der Waals surface area contributed by atoms with Crippen LogP contribution in [0.3, 0.4) is 0 Å². The van der Waals surface area contributed by atoms with E-state index in [1.54, 1.807) is 5.56 Å². The molecule has 3 aliphatic carbocycles. The zero-order valence-electron chi connectivity index (χ0n) is 20.3. The van der Waals surface area contributed by atoms with Gasteiger partial charge in [-0.1, -0.05) is 73.7 Å². The van der Waals surface area contributed by atoms with Gasteiger partial charge in [0.15, 0.2) is 0 Å². The summed E-state index contributed by atoms with van der Waals surface area (Å²) in [6.45, 7) is 3.93. The zero-order chi connectivity index (χ0) is 23.0. The van der Waals surface area contributed by atoms with E-state index in [4.69, 9.17) is 9.47 Å². The van der Waals surface area contributed by atoms with Gasteiger partial charge in [-0.3, -0.25) is 0 Å². The minimum Gasteiger partial charge on any atom is -0.489 e. The Morgan fingerprint density at radius 2 is 1.59 bits per heavy atom. The van der Waals surface area contributed by atoms with Gasteiger partial charge >= 0.3 is 0 Å². The molecule has 0 bridgehead atoms. The fraction of sp³-hybridized carbons (Fsp3) is 0.438. The van der Waals surface area contributed by atoms with Gasteiger partial charge in [0.25, 0.3) is 0 Å². The summed E-state index contributed by atoms with van der Waals surface area (Å²) < 4.78 is 12.6. The Labute approximate surface area is 204 Å². The second-order valence-electron chi connectivity index (χ2n) is 11.1. The monoisotopic (exact) mass is 452 g/mol. The van der Waals surface area contributed by atoms with Crippen molar-refractivity contribution in [3.63, 3.8) is 0 Å². The summed E-state index contributed by atoms with van der Waals surface area (Å²) in [6, 6.07) is 28.0. The highest BCUT2D eigenvalue weighted by Crippen LogP contribution is 2.61. The maximum Gasteiger partial charge on any atom is 0.120 e. The molecule has 3 aliphatic rings. The molecule has 34 heavy (non-hydrogen) atoms. The molecule has 3 aromatic rings. The Bertz CT molecular complexity index is 1110. The number of aryl methyl sites for hydroxylation is 1. The average molecular weight is 453 g/mol. The van der Waals surface area contributed by atoms with E-state index < -0.39 is 0 Å². The summed E-state index contributed by atoms with van der Waals surface area (Å²) in [4.78, 5) is 0. The minimum atomic E-state index is 0.407. The summed E-state index contributed by atoms with van der Waals surface area (Å²) in [7, 11) is 0. The number of fused-ring (bicyclic) bond motifs is 5. The Hall–Kier alpha value is -2.58. The molecular formula is C32H36O2. The van der Waals surface area contributed by atoms with Gasteiger partial charge in [0, 0.05) is 0 Å². The van der Waals surface area contributed by atoms with Gasteiger partial charge in [0.2, 0.25) is 0 Å². The van der Waals surface area contributed by atoms with Crippen LogP contribution in [0.15, 0.2) is 78.9 Å². The highest BCUT2D eigenvalue weighted by Gasteiger charge is 2.53. The molecule has 0 aliphatic heterocycles. The van der Waals surface area contributed by atoms with Crippen molar-refractivity contribution in [1.82, 2.24) is 0 Å². The van der Waals surface area contributed by atoms with Crippen LogP contribution in [0.1, 0.15) is 67.2 Å². The van der Waals surface area contributed by atoms with E-state index in [1.165, 1.54) is 55.2 Å². The average Bonchev–Trinajstić information content (AvgIpc) is 3.24. The van der Waals surface area contributed by atoms with Gasteiger partial charge in [0.1, 0.15) is 12.4 Å². The predicted molar refractivity (Wildman–Crippen MR) is 137 cm³/mol. The van der Waals surface area contributed by atoms with Crippen LogP contribution < -0.4 is 4.74 Å². The topological polar surface area (TPSA) is 18.5 Å². The molecule has 6 rings (SSSR count). The Morgan fingerprint density at radius 3 is 2.35 bits per heavy atom. The molecule has 2 fully saturated rings. The van der Waals surface area contributed by atoms with Crippen LogP contribution in [0.25, 0.3) is 0 Å². The lowest BCUT2D eigenvalue weighted by Crippen LogP contribution is -2.39. The number of rotatable bonds is 6. The third-order valence-electron chi connectivity index (χ3n) is 9.00. The Balaban J connectivity index is 1.13. The first-order valence-corrected chi connectivity index (χ1v) is 13.1. The van der Waals surface area contributed by atoms with E-state index in [1.807, 2.05) is 0 Å². The molecule has 0 unspecified atom stereocenters. The number of hydrogen-bond donors (Lipinski definition) is 0. The molecule has 2 saturated carbocycles.